The second-order valence-corrected chi connectivity index (χ2v) is 10.4. The Labute approximate surface area is 206 Å². The lowest BCUT2D eigenvalue weighted by Gasteiger charge is -2.37. The predicted molar refractivity (Wildman–Crippen MR) is 135 cm³/mol. The molecule has 192 valence electrons. The molecule has 4 rings (SSSR count). The lowest BCUT2D eigenvalue weighted by atomic mass is 9.74. The van der Waals surface area contributed by atoms with Crippen LogP contribution < -0.4 is 14.4 Å². The lowest BCUT2D eigenvalue weighted by molar-refractivity contribution is 0.111. The van der Waals surface area contributed by atoms with Gasteiger partial charge in [-0.05, 0) is 50.8 Å². The molecule has 11 heteroatoms. The monoisotopic (exact) mass is 506 g/mol. The van der Waals surface area contributed by atoms with E-state index in [2.05, 4.69) is 16.0 Å². The minimum absolute atomic E-state index is 0.136. The molecule has 1 aromatic carbocycles. The molecule has 1 aliphatic carbocycles. The summed E-state index contributed by atoms with van der Waals surface area (Å²) in [5.41, 5.74) is 3.92. The number of fused-ring (bicyclic) bond motifs is 3. The Morgan fingerprint density at radius 3 is 2.31 bits per heavy atom. The van der Waals surface area contributed by atoms with Crippen LogP contribution in [-0.4, -0.2) is 79.5 Å². The van der Waals surface area contributed by atoms with Crippen molar-refractivity contribution in [1.29, 1.82) is 0 Å². The highest BCUT2D eigenvalue weighted by Crippen LogP contribution is 2.44. The van der Waals surface area contributed by atoms with Gasteiger partial charge in [0.1, 0.15) is 0 Å². The van der Waals surface area contributed by atoms with Gasteiger partial charge in [0.2, 0.25) is 5.95 Å². The summed E-state index contributed by atoms with van der Waals surface area (Å²) in [5.74, 6) is 2.04. The summed E-state index contributed by atoms with van der Waals surface area (Å²) in [5, 5.41) is 10.3. The molecule has 2 aliphatic rings. The quantitative estimate of drug-likeness (QED) is 0.567. The molecule has 2 heterocycles. The highest BCUT2D eigenvalue weighted by molar-refractivity contribution is 7.85. The van der Waals surface area contributed by atoms with E-state index >= 15 is 0 Å². The van der Waals surface area contributed by atoms with Crippen molar-refractivity contribution in [1.82, 2.24) is 9.97 Å². The number of nitrogens with zero attached hydrogens (tertiary/aromatic N) is 4. The fourth-order valence-electron chi connectivity index (χ4n) is 4.28. The van der Waals surface area contributed by atoms with Crippen molar-refractivity contribution in [3.05, 3.63) is 41.2 Å². The van der Waals surface area contributed by atoms with Crippen molar-refractivity contribution in [2.24, 2.45) is 4.99 Å². The van der Waals surface area contributed by atoms with Gasteiger partial charge in [-0.2, -0.15) is 8.42 Å². The first kappa shape index (κ1) is 26.8. The average molecular weight is 507 g/mol. The molecule has 3 atom stereocenters. The molecule has 1 aliphatic heterocycles. The number of aliphatic hydroxyl groups is 1. The largest absolute Gasteiger partial charge is 0.493 e. The number of benzene rings is 1. The van der Waals surface area contributed by atoms with E-state index in [0.717, 1.165) is 41.0 Å². The van der Waals surface area contributed by atoms with Crippen molar-refractivity contribution in [3.8, 4) is 11.5 Å². The second-order valence-electron chi connectivity index (χ2n) is 8.68. The van der Waals surface area contributed by atoms with Crippen LogP contribution in [-0.2, 0) is 10.1 Å². The first-order valence-corrected chi connectivity index (χ1v) is 13.2. The second kappa shape index (κ2) is 11.3. The van der Waals surface area contributed by atoms with Gasteiger partial charge in [-0.3, -0.25) is 9.55 Å². The van der Waals surface area contributed by atoms with Gasteiger partial charge in [0, 0.05) is 43.5 Å². The van der Waals surface area contributed by atoms with Crippen molar-refractivity contribution >= 4 is 21.8 Å². The van der Waals surface area contributed by atoms with E-state index in [9.17, 15) is 13.5 Å². The van der Waals surface area contributed by atoms with Crippen molar-refractivity contribution in [3.63, 3.8) is 0 Å². The zero-order valence-corrected chi connectivity index (χ0v) is 21.6. The van der Waals surface area contributed by atoms with Crippen LogP contribution in [0.15, 0.2) is 29.5 Å². The maximum absolute atomic E-state index is 10.3. The molecule has 2 N–H and O–H groups in total. The lowest BCUT2D eigenvalue weighted by Crippen LogP contribution is -2.34. The molecule has 0 unspecified atom stereocenters. The molecule has 0 saturated heterocycles. The van der Waals surface area contributed by atoms with Gasteiger partial charge >= 0.3 is 0 Å². The Kier molecular flexibility index (Phi) is 8.68. The van der Waals surface area contributed by atoms with E-state index in [4.69, 9.17) is 19.0 Å². The molecule has 1 saturated carbocycles. The molecule has 2 aromatic rings. The van der Waals surface area contributed by atoms with Crippen molar-refractivity contribution in [2.75, 3.05) is 38.5 Å². The summed E-state index contributed by atoms with van der Waals surface area (Å²) in [4.78, 5) is 15.9. The zero-order chi connectivity index (χ0) is 25.8. The van der Waals surface area contributed by atoms with Gasteiger partial charge in [0.25, 0.3) is 10.1 Å². The zero-order valence-electron chi connectivity index (χ0n) is 20.8. The summed E-state index contributed by atoms with van der Waals surface area (Å²) < 4.78 is 38.3. The van der Waals surface area contributed by atoms with Crippen LogP contribution in [0.3, 0.4) is 0 Å². The molecule has 0 amide bonds. The molecule has 0 spiro atoms. The molecule has 0 bridgehead atoms. The smallest absolute Gasteiger partial charge is 0.264 e. The van der Waals surface area contributed by atoms with Gasteiger partial charge < -0.3 is 19.5 Å². The summed E-state index contributed by atoms with van der Waals surface area (Å²) in [6.45, 7) is 3.89. The summed E-state index contributed by atoms with van der Waals surface area (Å²) in [6, 6.07) is 4.20. The molecule has 0 radical (unpaired) electrons. The van der Waals surface area contributed by atoms with E-state index in [1.807, 2.05) is 44.4 Å². The summed E-state index contributed by atoms with van der Waals surface area (Å²) in [7, 11) is 1.82. The summed E-state index contributed by atoms with van der Waals surface area (Å²) >= 11 is 0. The maximum Gasteiger partial charge on any atom is 0.264 e. The van der Waals surface area contributed by atoms with Crippen LogP contribution in [0.5, 0.6) is 11.5 Å². The standard InChI is InChI=1S/C22H28N4O3.C2H6O3S/c1-5-29-20-9-15-16-8-14(27)6-7-18(16)25-21(17(15)10-19(20)28-4)13-11-23-22(24-12-13)26(2)3;1-2-6(3,4)5/h9-12,14,16,18,27H,5-8H2,1-4H3;2H2,1H3,(H,3,4,5)/t14-,16-,18-;/m1./s1. The molecular weight excluding hydrogens is 472 g/mol. The van der Waals surface area contributed by atoms with E-state index < -0.39 is 10.1 Å². The van der Waals surface area contributed by atoms with Gasteiger partial charge in [-0.15, -0.1) is 0 Å². The Bertz CT molecular complexity index is 1150. The fourth-order valence-corrected chi connectivity index (χ4v) is 4.28. The van der Waals surface area contributed by atoms with E-state index in [1.54, 1.807) is 7.11 Å². The van der Waals surface area contributed by atoms with Gasteiger partial charge in [0.15, 0.2) is 11.5 Å². The Morgan fingerprint density at radius 2 is 1.77 bits per heavy atom. The van der Waals surface area contributed by atoms with E-state index in [-0.39, 0.29) is 23.8 Å². The first-order chi connectivity index (χ1) is 16.6. The highest BCUT2D eigenvalue weighted by Gasteiger charge is 2.37. The van der Waals surface area contributed by atoms with E-state index in [1.165, 1.54) is 6.92 Å². The van der Waals surface area contributed by atoms with Crippen LogP contribution in [0, 0.1) is 0 Å². The SMILES string of the molecule is CCOc1cc2c(cc1OC)C(c1cnc(N(C)C)nc1)=N[C@@H]1CC[C@@H](O)C[C@H]21.CCS(=O)(=O)O. The highest BCUT2D eigenvalue weighted by atomic mass is 32.2. The average Bonchev–Trinajstić information content (AvgIpc) is 2.83. The fraction of sp³-hybridized carbons (Fsp3) is 0.542. The van der Waals surface area contributed by atoms with Gasteiger partial charge in [0.05, 0.1) is 37.3 Å². The van der Waals surface area contributed by atoms with Crippen LogP contribution in [0.1, 0.15) is 55.7 Å². The number of hydrogen-bond acceptors (Lipinski definition) is 9. The maximum atomic E-state index is 10.3. The Hall–Kier alpha value is -2.76. The van der Waals surface area contributed by atoms with Crippen molar-refractivity contribution in [2.45, 2.75) is 51.2 Å². The van der Waals surface area contributed by atoms with Gasteiger partial charge in [-0.25, -0.2) is 9.97 Å². The Morgan fingerprint density at radius 1 is 1.11 bits per heavy atom. The molecular formula is C24H34N4O6S. The number of anilines is 1. The third-order valence-electron chi connectivity index (χ3n) is 6.05. The summed E-state index contributed by atoms with van der Waals surface area (Å²) in [6.07, 6.45) is 5.71. The van der Waals surface area contributed by atoms with Crippen LogP contribution in [0.2, 0.25) is 0 Å². The number of methoxy groups -OCH3 is 1. The van der Waals surface area contributed by atoms with Crippen molar-refractivity contribution < 1.29 is 27.6 Å². The molecule has 35 heavy (non-hydrogen) atoms. The minimum atomic E-state index is -3.66. The van der Waals surface area contributed by atoms with Crippen LogP contribution >= 0.6 is 0 Å². The number of aliphatic hydroxyl groups excluding tert-OH is 1. The Balaban J connectivity index is 0.000000509. The topological polar surface area (TPSA) is 134 Å². The van der Waals surface area contributed by atoms with Crippen LogP contribution in [0.4, 0.5) is 5.95 Å². The van der Waals surface area contributed by atoms with Crippen LogP contribution in [0.25, 0.3) is 0 Å². The van der Waals surface area contributed by atoms with E-state index in [0.29, 0.717) is 24.7 Å². The molecule has 1 aromatic heterocycles. The molecule has 10 nitrogen and oxygen atoms in total. The predicted octanol–water partition coefficient (Wildman–Crippen LogP) is 2.69. The normalized spacial score (nSPS) is 21.0. The minimum Gasteiger partial charge on any atom is -0.493 e. The third-order valence-corrected chi connectivity index (χ3v) is 6.78. The number of aromatic nitrogens is 2. The number of ether oxygens (including phenoxy) is 2. The molecule has 1 fully saturated rings. The number of hydrogen-bond donors (Lipinski definition) is 2. The number of rotatable bonds is 6. The third kappa shape index (κ3) is 6.47. The number of aliphatic imine (C=N–C) groups is 1. The van der Waals surface area contributed by atoms with Gasteiger partial charge in [-0.1, -0.05) is 0 Å². The first-order valence-electron chi connectivity index (χ1n) is 11.6.